The van der Waals surface area contributed by atoms with Gasteiger partial charge in [0.05, 0.1) is 0 Å². The molecule has 1 aliphatic rings. The largest absolute Gasteiger partial charge is 0.375 e. The Bertz CT molecular complexity index is 576. The minimum Gasteiger partial charge on any atom is -0.375 e. The molecular weight excluding hydrogens is 290 g/mol. The Labute approximate surface area is 149 Å². The molecule has 0 spiro atoms. The Morgan fingerprint density at radius 2 is 1.88 bits per heavy atom. The molecule has 2 rings (SSSR count). The molecule has 1 heteroatoms. The summed E-state index contributed by atoms with van der Waals surface area (Å²) in [6.45, 7) is 19.7. The first-order chi connectivity index (χ1) is 11.3. The van der Waals surface area contributed by atoms with Crippen molar-refractivity contribution in [3.63, 3.8) is 0 Å². The van der Waals surface area contributed by atoms with Gasteiger partial charge >= 0.3 is 0 Å². The van der Waals surface area contributed by atoms with Crippen molar-refractivity contribution in [2.45, 2.75) is 65.2 Å². The topological polar surface area (TPSA) is 3.24 Å². The second-order valence-corrected chi connectivity index (χ2v) is 8.59. The second-order valence-electron chi connectivity index (χ2n) is 8.59. The SMILES string of the molecule is C=C(C)CCC(=C)N1CCCC(Cc2ccccc2C(C)(C)C)C1. The average Bonchev–Trinajstić information content (AvgIpc) is 2.52. The Kier molecular flexibility index (Phi) is 6.32. The van der Waals surface area contributed by atoms with Gasteiger partial charge in [0.1, 0.15) is 0 Å². The number of piperidine rings is 1. The Morgan fingerprint density at radius 1 is 1.17 bits per heavy atom. The minimum atomic E-state index is 0.218. The fraction of sp³-hybridized carbons (Fsp3) is 0.565. The third-order valence-electron chi connectivity index (χ3n) is 5.14. The molecule has 0 bridgehead atoms. The van der Waals surface area contributed by atoms with Crippen LogP contribution in [-0.4, -0.2) is 18.0 Å². The summed E-state index contributed by atoms with van der Waals surface area (Å²) in [7, 11) is 0. The molecule has 1 unspecified atom stereocenters. The second kappa shape index (κ2) is 8.05. The highest BCUT2D eigenvalue weighted by Crippen LogP contribution is 2.30. The van der Waals surface area contributed by atoms with E-state index in [1.165, 1.54) is 48.2 Å². The fourth-order valence-corrected chi connectivity index (χ4v) is 3.78. The maximum absolute atomic E-state index is 4.33. The van der Waals surface area contributed by atoms with Crippen LogP contribution in [0.25, 0.3) is 0 Å². The van der Waals surface area contributed by atoms with Crippen LogP contribution in [0.1, 0.15) is 64.5 Å². The highest BCUT2D eigenvalue weighted by atomic mass is 15.1. The molecule has 1 nitrogen and oxygen atoms in total. The highest BCUT2D eigenvalue weighted by Gasteiger charge is 2.24. The van der Waals surface area contributed by atoms with Crippen molar-refractivity contribution < 1.29 is 0 Å². The molecule has 1 aliphatic heterocycles. The molecule has 0 aromatic heterocycles. The van der Waals surface area contributed by atoms with Crippen molar-refractivity contribution >= 4 is 0 Å². The van der Waals surface area contributed by atoms with Crippen LogP contribution < -0.4 is 0 Å². The third kappa shape index (κ3) is 5.26. The zero-order valence-electron chi connectivity index (χ0n) is 16.2. The average molecular weight is 326 g/mol. The van der Waals surface area contributed by atoms with E-state index >= 15 is 0 Å². The van der Waals surface area contributed by atoms with Gasteiger partial charge in [0.15, 0.2) is 0 Å². The molecule has 1 heterocycles. The summed E-state index contributed by atoms with van der Waals surface area (Å²) >= 11 is 0. The molecular formula is C23H35N. The summed E-state index contributed by atoms with van der Waals surface area (Å²) in [4.78, 5) is 2.52. The fourth-order valence-electron chi connectivity index (χ4n) is 3.78. The molecule has 1 aromatic rings. The molecule has 1 atom stereocenters. The van der Waals surface area contributed by atoms with E-state index in [1.807, 2.05) is 0 Å². The highest BCUT2D eigenvalue weighted by molar-refractivity contribution is 5.33. The first-order valence-electron chi connectivity index (χ1n) is 9.43. The maximum atomic E-state index is 4.33. The normalized spacial score (nSPS) is 18.5. The van der Waals surface area contributed by atoms with Crippen molar-refractivity contribution in [2.75, 3.05) is 13.1 Å². The van der Waals surface area contributed by atoms with Gasteiger partial charge in [-0.1, -0.05) is 57.2 Å². The lowest BCUT2D eigenvalue weighted by molar-refractivity contribution is 0.211. The molecule has 24 heavy (non-hydrogen) atoms. The molecule has 1 saturated heterocycles. The summed E-state index contributed by atoms with van der Waals surface area (Å²) in [5.41, 5.74) is 5.80. The number of hydrogen-bond donors (Lipinski definition) is 0. The number of allylic oxidation sites excluding steroid dienone is 2. The number of rotatable bonds is 6. The molecule has 0 saturated carbocycles. The van der Waals surface area contributed by atoms with E-state index in [9.17, 15) is 0 Å². The maximum Gasteiger partial charge on any atom is 0.0206 e. The summed E-state index contributed by atoms with van der Waals surface area (Å²) in [5, 5.41) is 0. The molecule has 0 N–H and O–H groups in total. The van der Waals surface area contributed by atoms with Crippen LogP contribution in [-0.2, 0) is 11.8 Å². The molecule has 1 fully saturated rings. The lowest BCUT2D eigenvalue weighted by Gasteiger charge is -2.36. The van der Waals surface area contributed by atoms with Gasteiger partial charge in [0, 0.05) is 18.8 Å². The zero-order chi connectivity index (χ0) is 17.7. The van der Waals surface area contributed by atoms with E-state index in [0.717, 1.165) is 25.3 Å². The van der Waals surface area contributed by atoms with Crippen LogP contribution in [0.4, 0.5) is 0 Å². The van der Waals surface area contributed by atoms with Crippen molar-refractivity contribution in [1.29, 1.82) is 0 Å². The van der Waals surface area contributed by atoms with Crippen molar-refractivity contribution in [3.05, 3.63) is 59.8 Å². The van der Waals surface area contributed by atoms with Gasteiger partial charge in [-0.25, -0.2) is 0 Å². The molecule has 0 amide bonds. The molecule has 1 aromatic carbocycles. The predicted octanol–water partition coefficient (Wildman–Crippen LogP) is 6.11. The van der Waals surface area contributed by atoms with Crippen LogP contribution in [0.3, 0.4) is 0 Å². The van der Waals surface area contributed by atoms with E-state index in [2.05, 4.69) is 70.0 Å². The summed E-state index contributed by atoms with van der Waals surface area (Å²) in [6, 6.07) is 9.00. The third-order valence-corrected chi connectivity index (χ3v) is 5.14. The quantitative estimate of drug-likeness (QED) is 0.570. The number of nitrogens with zero attached hydrogens (tertiary/aromatic N) is 1. The summed E-state index contributed by atoms with van der Waals surface area (Å²) in [5.74, 6) is 0.740. The van der Waals surface area contributed by atoms with Crippen molar-refractivity contribution in [1.82, 2.24) is 4.90 Å². The number of benzene rings is 1. The first-order valence-corrected chi connectivity index (χ1v) is 9.43. The summed E-state index contributed by atoms with van der Waals surface area (Å²) in [6.07, 6.45) is 5.93. The number of likely N-dealkylation sites (tertiary alicyclic amines) is 1. The van der Waals surface area contributed by atoms with Crippen LogP contribution in [0.15, 0.2) is 48.7 Å². The van der Waals surface area contributed by atoms with Gasteiger partial charge in [-0.3, -0.25) is 0 Å². The minimum absolute atomic E-state index is 0.218. The van der Waals surface area contributed by atoms with Crippen LogP contribution >= 0.6 is 0 Å². The van der Waals surface area contributed by atoms with Gasteiger partial charge in [-0.2, -0.15) is 0 Å². The molecule has 132 valence electrons. The van der Waals surface area contributed by atoms with E-state index in [4.69, 9.17) is 0 Å². The zero-order valence-corrected chi connectivity index (χ0v) is 16.2. The van der Waals surface area contributed by atoms with Gasteiger partial charge in [0.25, 0.3) is 0 Å². The van der Waals surface area contributed by atoms with Crippen LogP contribution in [0, 0.1) is 5.92 Å². The van der Waals surface area contributed by atoms with Gasteiger partial charge < -0.3 is 4.90 Å². The number of hydrogen-bond acceptors (Lipinski definition) is 1. The van der Waals surface area contributed by atoms with Crippen molar-refractivity contribution in [2.24, 2.45) is 5.92 Å². The smallest absolute Gasteiger partial charge is 0.0206 e. The lowest BCUT2D eigenvalue weighted by atomic mass is 9.80. The molecule has 0 radical (unpaired) electrons. The predicted molar refractivity (Wildman–Crippen MR) is 106 cm³/mol. The van der Waals surface area contributed by atoms with Gasteiger partial charge in [-0.15, -0.1) is 6.58 Å². The van der Waals surface area contributed by atoms with Gasteiger partial charge in [-0.05, 0) is 61.5 Å². The lowest BCUT2D eigenvalue weighted by Crippen LogP contribution is -2.35. The first kappa shape index (κ1) is 18.8. The molecule has 0 aliphatic carbocycles. The van der Waals surface area contributed by atoms with Crippen LogP contribution in [0.5, 0.6) is 0 Å². The van der Waals surface area contributed by atoms with E-state index in [0.29, 0.717) is 0 Å². The monoisotopic (exact) mass is 325 g/mol. The van der Waals surface area contributed by atoms with E-state index < -0.39 is 0 Å². The Balaban J connectivity index is 2.01. The van der Waals surface area contributed by atoms with Gasteiger partial charge in [0.2, 0.25) is 0 Å². The Hall–Kier alpha value is -1.50. The summed E-state index contributed by atoms with van der Waals surface area (Å²) < 4.78 is 0. The van der Waals surface area contributed by atoms with E-state index in [-0.39, 0.29) is 5.41 Å². The Morgan fingerprint density at radius 3 is 2.54 bits per heavy atom. The van der Waals surface area contributed by atoms with Crippen molar-refractivity contribution in [3.8, 4) is 0 Å². The van der Waals surface area contributed by atoms with Crippen LogP contribution in [0.2, 0.25) is 0 Å². The standard InChI is InChI=1S/C23H35N/c1-18(2)13-14-19(3)24-15-9-10-20(17-24)16-21-11-7-8-12-22(21)23(4,5)6/h7-8,11-12,20H,1,3,9-10,13-17H2,2,4-6H3. The van der Waals surface area contributed by atoms with E-state index in [1.54, 1.807) is 0 Å².